The lowest BCUT2D eigenvalue weighted by Crippen LogP contribution is -2.26. The minimum Gasteiger partial charge on any atom is -0.317 e. The van der Waals surface area contributed by atoms with Crippen LogP contribution in [0.25, 0.3) is 0 Å². The van der Waals surface area contributed by atoms with Crippen LogP contribution in [0.3, 0.4) is 0 Å². The normalized spacial score (nSPS) is 12.6. The first kappa shape index (κ1) is 14.7. The van der Waals surface area contributed by atoms with Crippen molar-refractivity contribution in [2.24, 2.45) is 13.0 Å². The predicted octanol–water partition coefficient (Wildman–Crippen LogP) is 1.97. The second-order valence-electron chi connectivity index (χ2n) is 5.01. The number of hydrogen-bond acceptors (Lipinski definition) is 3. The van der Waals surface area contributed by atoms with Crippen LogP contribution in [0.2, 0.25) is 0 Å². The molecule has 0 aliphatic rings. The second-order valence-corrected chi connectivity index (χ2v) is 5.01. The second kappa shape index (κ2) is 7.14. The molecule has 20 heavy (non-hydrogen) atoms. The Morgan fingerprint density at radius 2 is 2.20 bits per heavy atom. The Hall–Kier alpha value is -1.75. The van der Waals surface area contributed by atoms with Gasteiger partial charge in [0.2, 0.25) is 0 Å². The Balaban J connectivity index is 2.05. The largest absolute Gasteiger partial charge is 0.317 e. The minimum absolute atomic E-state index is 0.177. The summed E-state index contributed by atoms with van der Waals surface area (Å²) >= 11 is 0. The van der Waals surface area contributed by atoms with E-state index in [2.05, 4.69) is 22.3 Å². The number of halogens is 1. The Morgan fingerprint density at radius 1 is 1.35 bits per heavy atom. The monoisotopic (exact) mass is 276 g/mol. The van der Waals surface area contributed by atoms with Crippen LogP contribution in [-0.4, -0.2) is 27.9 Å². The number of aromatic nitrogens is 3. The summed E-state index contributed by atoms with van der Waals surface area (Å²) in [6, 6.07) is 6.82. The Bertz CT molecular complexity index is 538. The molecule has 0 aliphatic heterocycles. The highest BCUT2D eigenvalue weighted by molar-refractivity contribution is 5.17. The van der Waals surface area contributed by atoms with Crippen LogP contribution >= 0.6 is 0 Å². The fourth-order valence-corrected chi connectivity index (χ4v) is 2.33. The molecule has 2 rings (SSSR count). The lowest BCUT2D eigenvalue weighted by atomic mass is 9.95. The molecule has 1 aromatic carbocycles. The molecular formula is C15H21FN4. The van der Waals surface area contributed by atoms with Gasteiger partial charge in [0.05, 0.1) is 0 Å². The van der Waals surface area contributed by atoms with Gasteiger partial charge in [-0.15, -0.1) is 0 Å². The molecule has 5 heteroatoms. The molecule has 1 heterocycles. The van der Waals surface area contributed by atoms with Crippen LogP contribution in [0, 0.1) is 11.7 Å². The molecule has 0 radical (unpaired) electrons. The van der Waals surface area contributed by atoms with Gasteiger partial charge >= 0.3 is 0 Å². The molecule has 1 atom stereocenters. The van der Waals surface area contributed by atoms with Crippen molar-refractivity contribution in [2.45, 2.75) is 19.8 Å². The molecule has 108 valence electrons. The van der Waals surface area contributed by atoms with Gasteiger partial charge in [0.1, 0.15) is 18.0 Å². The van der Waals surface area contributed by atoms with Crippen molar-refractivity contribution in [1.29, 1.82) is 0 Å². The fourth-order valence-electron chi connectivity index (χ4n) is 2.33. The van der Waals surface area contributed by atoms with E-state index in [1.807, 2.05) is 13.1 Å². The van der Waals surface area contributed by atoms with E-state index < -0.39 is 0 Å². The molecule has 0 fully saturated rings. The zero-order valence-electron chi connectivity index (χ0n) is 12.0. The van der Waals surface area contributed by atoms with Gasteiger partial charge < -0.3 is 5.32 Å². The number of benzene rings is 1. The first-order chi connectivity index (χ1) is 9.69. The Morgan fingerprint density at radius 3 is 2.85 bits per heavy atom. The molecule has 1 unspecified atom stereocenters. The number of hydrogen-bond donors (Lipinski definition) is 1. The highest BCUT2D eigenvalue weighted by atomic mass is 19.1. The number of rotatable bonds is 7. The minimum atomic E-state index is -0.177. The van der Waals surface area contributed by atoms with Gasteiger partial charge in [-0.1, -0.05) is 19.1 Å². The van der Waals surface area contributed by atoms with Crippen LogP contribution in [-0.2, 0) is 19.9 Å². The topological polar surface area (TPSA) is 42.7 Å². The van der Waals surface area contributed by atoms with E-state index in [-0.39, 0.29) is 5.82 Å². The van der Waals surface area contributed by atoms with E-state index in [4.69, 9.17) is 0 Å². The summed E-state index contributed by atoms with van der Waals surface area (Å²) < 4.78 is 15.1. The molecule has 1 aromatic heterocycles. The van der Waals surface area contributed by atoms with E-state index >= 15 is 0 Å². The van der Waals surface area contributed by atoms with Gasteiger partial charge in [0.25, 0.3) is 0 Å². The first-order valence-corrected chi connectivity index (χ1v) is 6.97. The average Bonchev–Trinajstić information content (AvgIpc) is 2.82. The lowest BCUT2D eigenvalue weighted by molar-refractivity contribution is 0.458. The predicted molar refractivity (Wildman–Crippen MR) is 76.8 cm³/mol. The molecular weight excluding hydrogens is 255 g/mol. The number of nitrogens with zero attached hydrogens (tertiary/aromatic N) is 3. The van der Waals surface area contributed by atoms with Crippen LogP contribution < -0.4 is 5.32 Å². The summed E-state index contributed by atoms with van der Waals surface area (Å²) in [6.07, 6.45) is 3.24. The van der Waals surface area contributed by atoms with Crippen molar-refractivity contribution in [2.75, 3.05) is 13.1 Å². The molecule has 0 saturated carbocycles. The van der Waals surface area contributed by atoms with E-state index in [1.165, 1.54) is 6.07 Å². The van der Waals surface area contributed by atoms with E-state index in [9.17, 15) is 4.39 Å². The molecule has 0 amide bonds. The summed E-state index contributed by atoms with van der Waals surface area (Å²) in [4.78, 5) is 4.27. The van der Waals surface area contributed by atoms with Gasteiger partial charge in [-0.3, -0.25) is 4.68 Å². The molecule has 0 aliphatic carbocycles. The van der Waals surface area contributed by atoms with Crippen molar-refractivity contribution in [1.82, 2.24) is 20.1 Å². The summed E-state index contributed by atoms with van der Waals surface area (Å²) in [5, 5.41) is 7.46. The number of nitrogens with one attached hydrogen (secondary N) is 1. The Labute approximate surface area is 119 Å². The van der Waals surface area contributed by atoms with E-state index in [0.29, 0.717) is 5.92 Å². The van der Waals surface area contributed by atoms with Crippen LogP contribution in [0.1, 0.15) is 18.3 Å². The maximum atomic E-state index is 13.3. The average molecular weight is 276 g/mol. The van der Waals surface area contributed by atoms with Gasteiger partial charge in [0.15, 0.2) is 0 Å². The summed E-state index contributed by atoms with van der Waals surface area (Å²) in [5.74, 6) is 1.16. The van der Waals surface area contributed by atoms with Crippen molar-refractivity contribution in [3.63, 3.8) is 0 Å². The molecule has 0 saturated heterocycles. The first-order valence-electron chi connectivity index (χ1n) is 6.97. The van der Waals surface area contributed by atoms with Gasteiger partial charge in [-0.25, -0.2) is 9.37 Å². The smallest absolute Gasteiger partial charge is 0.138 e. The molecule has 0 spiro atoms. The molecule has 0 bridgehead atoms. The fraction of sp³-hybridized carbons (Fsp3) is 0.467. The Kier molecular flexibility index (Phi) is 5.24. The quantitative estimate of drug-likeness (QED) is 0.840. The zero-order valence-corrected chi connectivity index (χ0v) is 12.0. The maximum Gasteiger partial charge on any atom is 0.138 e. The zero-order chi connectivity index (χ0) is 14.4. The maximum absolute atomic E-state index is 13.3. The van der Waals surface area contributed by atoms with Crippen LogP contribution in [0.15, 0.2) is 30.6 Å². The SMILES string of the molecule is CCNCC(Cc1cccc(F)c1)Cc1ncnn1C. The van der Waals surface area contributed by atoms with Crippen molar-refractivity contribution in [3.8, 4) is 0 Å². The van der Waals surface area contributed by atoms with Gasteiger partial charge in [-0.05, 0) is 43.1 Å². The summed E-state index contributed by atoms with van der Waals surface area (Å²) in [7, 11) is 1.90. The van der Waals surface area contributed by atoms with Crippen molar-refractivity contribution >= 4 is 0 Å². The highest BCUT2D eigenvalue weighted by Crippen LogP contribution is 2.14. The van der Waals surface area contributed by atoms with Gasteiger partial charge in [-0.2, -0.15) is 5.10 Å². The third-order valence-corrected chi connectivity index (χ3v) is 3.37. The molecule has 2 aromatic rings. The van der Waals surface area contributed by atoms with E-state index in [1.54, 1.807) is 23.1 Å². The van der Waals surface area contributed by atoms with Gasteiger partial charge in [0, 0.05) is 13.5 Å². The highest BCUT2D eigenvalue weighted by Gasteiger charge is 2.14. The van der Waals surface area contributed by atoms with Crippen LogP contribution in [0.4, 0.5) is 4.39 Å². The van der Waals surface area contributed by atoms with Crippen molar-refractivity contribution in [3.05, 3.63) is 47.8 Å². The number of aryl methyl sites for hydroxylation is 1. The van der Waals surface area contributed by atoms with E-state index in [0.717, 1.165) is 37.3 Å². The van der Waals surface area contributed by atoms with Crippen molar-refractivity contribution < 1.29 is 4.39 Å². The van der Waals surface area contributed by atoms with Crippen LogP contribution in [0.5, 0.6) is 0 Å². The lowest BCUT2D eigenvalue weighted by Gasteiger charge is -2.17. The molecule has 4 nitrogen and oxygen atoms in total. The third kappa shape index (κ3) is 4.13. The summed E-state index contributed by atoms with van der Waals surface area (Å²) in [6.45, 7) is 3.90. The molecule has 1 N–H and O–H groups in total. The standard InChI is InChI=1S/C15H21FN4/c1-3-17-10-13(9-15-18-11-19-20(15)2)7-12-5-4-6-14(16)8-12/h4-6,8,11,13,17H,3,7,9-10H2,1-2H3. The summed E-state index contributed by atoms with van der Waals surface area (Å²) in [5.41, 5.74) is 1.02. The third-order valence-electron chi connectivity index (χ3n) is 3.37.